The van der Waals surface area contributed by atoms with Crippen LogP contribution in [0.3, 0.4) is 0 Å². The SMILES string of the molecule is CNc1cc2nc3c1ncn3C(=O)N[C@@H]1CC[C@H]1OCc1cc(cc(N3CCOCC3)c1)S2. The third kappa shape index (κ3) is 3.92. The Morgan fingerprint density at radius 3 is 2.85 bits per heavy atom. The van der Waals surface area contributed by atoms with Gasteiger partial charge in [-0.15, -0.1) is 0 Å². The lowest BCUT2D eigenvalue weighted by Crippen LogP contribution is -2.52. The molecule has 33 heavy (non-hydrogen) atoms. The number of morpholine rings is 1. The van der Waals surface area contributed by atoms with Crippen molar-refractivity contribution in [3.63, 3.8) is 0 Å². The molecule has 1 amide bonds. The number of anilines is 2. The highest BCUT2D eigenvalue weighted by molar-refractivity contribution is 7.99. The fourth-order valence-electron chi connectivity index (χ4n) is 4.53. The highest BCUT2D eigenvalue weighted by Crippen LogP contribution is 2.35. The Balaban J connectivity index is 1.45. The number of benzene rings is 1. The first-order chi connectivity index (χ1) is 16.2. The van der Waals surface area contributed by atoms with Crippen molar-refractivity contribution in [3.8, 4) is 0 Å². The van der Waals surface area contributed by atoms with Crippen molar-refractivity contribution in [3.05, 3.63) is 36.2 Å². The second-order valence-corrected chi connectivity index (χ2v) is 9.66. The summed E-state index contributed by atoms with van der Waals surface area (Å²) in [5.74, 6) is 0. The molecule has 172 valence electrons. The van der Waals surface area contributed by atoms with Gasteiger partial charge in [0.25, 0.3) is 0 Å². The van der Waals surface area contributed by atoms with E-state index in [2.05, 4.69) is 38.7 Å². The van der Waals surface area contributed by atoms with E-state index in [1.807, 2.05) is 13.1 Å². The van der Waals surface area contributed by atoms with E-state index in [4.69, 9.17) is 14.5 Å². The van der Waals surface area contributed by atoms with Crippen LogP contribution in [-0.4, -0.2) is 66.1 Å². The van der Waals surface area contributed by atoms with Gasteiger partial charge in [-0.3, -0.25) is 0 Å². The number of hydrogen-bond acceptors (Lipinski definition) is 8. The van der Waals surface area contributed by atoms with E-state index in [0.29, 0.717) is 17.8 Å². The molecule has 0 spiro atoms. The summed E-state index contributed by atoms with van der Waals surface area (Å²) in [6, 6.07) is 8.33. The van der Waals surface area contributed by atoms with Gasteiger partial charge >= 0.3 is 6.03 Å². The molecule has 2 fully saturated rings. The fraction of sp³-hybridized carbons (Fsp3) is 0.435. The lowest BCUT2D eigenvalue weighted by atomic mass is 9.89. The second kappa shape index (κ2) is 8.51. The standard InChI is InChI=1S/C23H26N6O3S/c1-24-18-11-20-27-22-21(18)25-13-29(22)23(30)26-17-2-3-19(17)32-12-14-8-15(10-16(9-14)33-20)28-4-6-31-7-5-28/h8-11,13,17,19H,2-7,12H2,1H3,(H,24,27)(H,26,30)/t17-,19-/m1/s1. The van der Waals surface area contributed by atoms with Gasteiger partial charge in [-0.1, -0.05) is 11.8 Å². The predicted octanol–water partition coefficient (Wildman–Crippen LogP) is 3.08. The molecule has 1 saturated heterocycles. The van der Waals surface area contributed by atoms with E-state index >= 15 is 0 Å². The molecular formula is C23H26N6O3S. The summed E-state index contributed by atoms with van der Waals surface area (Å²) in [4.78, 5) is 25.7. The zero-order valence-electron chi connectivity index (χ0n) is 18.4. The van der Waals surface area contributed by atoms with E-state index in [-0.39, 0.29) is 18.2 Å². The van der Waals surface area contributed by atoms with Gasteiger partial charge in [0.15, 0.2) is 5.65 Å². The Morgan fingerprint density at radius 2 is 2.06 bits per heavy atom. The highest BCUT2D eigenvalue weighted by Gasteiger charge is 2.34. The minimum atomic E-state index is -0.224. The number of imidazole rings is 1. The summed E-state index contributed by atoms with van der Waals surface area (Å²) < 4.78 is 13.3. The van der Waals surface area contributed by atoms with E-state index in [0.717, 1.165) is 60.3 Å². The average Bonchev–Trinajstić information content (AvgIpc) is 3.25. The number of carbonyl (C=O) groups excluding carboxylic acids is 1. The van der Waals surface area contributed by atoms with Gasteiger partial charge < -0.3 is 25.0 Å². The number of aromatic nitrogens is 3. The van der Waals surface area contributed by atoms with Crippen LogP contribution in [0.4, 0.5) is 16.2 Å². The lowest BCUT2D eigenvalue weighted by Gasteiger charge is -2.37. The van der Waals surface area contributed by atoms with Gasteiger partial charge in [0.1, 0.15) is 16.9 Å². The number of pyridine rings is 1. The minimum Gasteiger partial charge on any atom is -0.386 e. The first-order valence-electron chi connectivity index (χ1n) is 11.3. The van der Waals surface area contributed by atoms with Crippen molar-refractivity contribution in [2.45, 2.75) is 41.5 Å². The van der Waals surface area contributed by atoms with Gasteiger partial charge in [0.2, 0.25) is 0 Å². The van der Waals surface area contributed by atoms with Gasteiger partial charge in [-0.2, -0.15) is 0 Å². The molecule has 1 saturated carbocycles. The van der Waals surface area contributed by atoms with Crippen molar-refractivity contribution >= 4 is 40.3 Å². The van der Waals surface area contributed by atoms with Crippen LogP contribution in [0.1, 0.15) is 18.4 Å². The van der Waals surface area contributed by atoms with Gasteiger partial charge in [0.05, 0.1) is 37.7 Å². The zero-order chi connectivity index (χ0) is 22.4. The number of fused-ring (bicyclic) bond motifs is 4. The van der Waals surface area contributed by atoms with Gasteiger partial charge in [-0.25, -0.2) is 19.3 Å². The smallest absolute Gasteiger partial charge is 0.328 e. The van der Waals surface area contributed by atoms with Gasteiger partial charge in [0, 0.05) is 30.7 Å². The van der Waals surface area contributed by atoms with Gasteiger partial charge in [-0.05, 0) is 42.7 Å². The molecule has 1 aromatic carbocycles. The number of ether oxygens (including phenoxy) is 2. The predicted molar refractivity (Wildman–Crippen MR) is 126 cm³/mol. The number of nitrogens with one attached hydrogen (secondary N) is 2. The summed E-state index contributed by atoms with van der Waals surface area (Å²) in [5, 5.41) is 7.10. The lowest BCUT2D eigenvalue weighted by molar-refractivity contribution is -0.0323. The van der Waals surface area contributed by atoms with Crippen LogP contribution in [0.2, 0.25) is 0 Å². The number of rotatable bonds is 2. The van der Waals surface area contributed by atoms with Crippen molar-refractivity contribution in [1.82, 2.24) is 19.9 Å². The van der Waals surface area contributed by atoms with Crippen LogP contribution < -0.4 is 15.5 Å². The molecule has 2 aromatic heterocycles. The third-order valence-corrected chi connectivity index (χ3v) is 7.39. The molecule has 2 atom stereocenters. The molecule has 3 aromatic rings. The molecule has 3 aliphatic rings. The molecule has 1 aliphatic carbocycles. The molecule has 10 heteroatoms. The molecule has 9 nitrogen and oxygen atoms in total. The van der Waals surface area contributed by atoms with E-state index in [1.165, 1.54) is 10.3 Å². The molecule has 0 unspecified atom stereocenters. The maximum absolute atomic E-state index is 13.0. The largest absolute Gasteiger partial charge is 0.386 e. The maximum atomic E-state index is 13.0. The Morgan fingerprint density at radius 1 is 1.18 bits per heavy atom. The molecule has 2 N–H and O–H groups in total. The van der Waals surface area contributed by atoms with Crippen molar-refractivity contribution < 1.29 is 14.3 Å². The van der Waals surface area contributed by atoms with E-state index < -0.39 is 0 Å². The topological polar surface area (TPSA) is 93.5 Å². The van der Waals surface area contributed by atoms with Crippen molar-refractivity contribution in [1.29, 1.82) is 0 Å². The van der Waals surface area contributed by atoms with E-state index in [1.54, 1.807) is 18.1 Å². The summed E-state index contributed by atoms with van der Waals surface area (Å²) in [6.07, 6.45) is 3.39. The molecule has 4 heterocycles. The Kier molecular flexibility index (Phi) is 5.35. The van der Waals surface area contributed by atoms with Crippen LogP contribution in [0.25, 0.3) is 11.2 Å². The first kappa shape index (κ1) is 20.8. The maximum Gasteiger partial charge on any atom is 0.328 e. The molecular weight excluding hydrogens is 440 g/mol. The van der Waals surface area contributed by atoms with Crippen LogP contribution >= 0.6 is 11.8 Å². The minimum absolute atomic E-state index is 0.00575. The summed E-state index contributed by atoms with van der Waals surface area (Å²) >= 11 is 1.58. The van der Waals surface area contributed by atoms with Crippen LogP contribution in [-0.2, 0) is 16.1 Å². The zero-order valence-corrected chi connectivity index (χ0v) is 19.2. The van der Waals surface area contributed by atoms with E-state index in [9.17, 15) is 4.79 Å². The van der Waals surface area contributed by atoms with Crippen LogP contribution in [0.15, 0.2) is 40.5 Å². The normalized spacial score (nSPS) is 22.9. The summed E-state index contributed by atoms with van der Waals surface area (Å²) in [5.41, 5.74) is 4.35. The molecule has 6 rings (SSSR count). The van der Waals surface area contributed by atoms with Crippen molar-refractivity contribution in [2.75, 3.05) is 43.6 Å². The van der Waals surface area contributed by atoms with Crippen molar-refractivity contribution in [2.24, 2.45) is 0 Å². The third-order valence-electron chi connectivity index (χ3n) is 6.50. The second-order valence-electron chi connectivity index (χ2n) is 8.56. The van der Waals surface area contributed by atoms with Crippen LogP contribution in [0.5, 0.6) is 0 Å². The number of carbonyl (C=O) groups is 1. The monoisotopic (exact) mass is 466 g/mol. The summed E-state index contributed by atoms with van der Waals surface area (Å²) in [6.45, 7) is 3.73. The molecule has 4 bridgehead atoms. The quantitative estimate of drug-likeness (QED) is 0.595. The number of hydrogen-bond donors (Lipinski definition) is 2. The first-order valence-corrected chi connectivity index (χ1v) is 12.1. The Hall–Kier alpha value is -2.82. The Bertz CT molecular complexity index is 1210. The Labute approximate surface area is 195 Å². The molecule has 2 aliphatic heterocycles. The fourth-order valence-corrected chi connectivity index (χ4v) is 5.48. The van der Waals surface area contributed by atoms with Crippen LogP contribution in [0, 0.1) is 0 Å². The number of amides is 1. The highest BCUT2D eigenvalue weighted by atomic mass is 32.2. The average molecular weight is 467 g/mol. The summed E-state index contributed by atoms with van der Waals surface area (Å²) in [7, 11) is 1.86. The molecule has 0 radical (unpaired) electrons. The number of nitrogens with zero attached hydrogens (tertiary/aromatic N) is 4.